The minimum absolute atomic E-state index is 0.0430. The van der Waals surface area contributed by atoms with Crippen molar-refractivity contribution in [2.24, 2.45) is 5.92 Å². The predicted octanol–water partition coefficient (Wildman–Crippen LogP) is 9.28. The molecule has 34 heavy (non-hydrogen) atoms. The first kappa shape index (κ1) is 21.8. The Morgan fingerprint density at radius 2 is 1.82 bits per heavy atom. The van der Waals surface area contributed by atoms with Gasteiger partial charge in [0.05, 0.1) is 5.69 Å². The average Bonchev–Trinajstić information content (AvgIpc) is 3.47. The summed E-state index contributed by atoms with van der Waals surface area (Å²) in [5, 5.41) is 7.09. The highest BCUT2D eigenvalue weighted by Gasteiger charge is 2.23. The molecule has 0 saturated heterocycles. The van der Waals surface area contributed by atoms with Crippen molar-refractivity contribution < 1.29 is 4.42 Å². The molecule has 4 heterocycles. The number of benzene rings is 2. The Morgan fingerprint density at radius 3 is 2.59 bits per heavy atom. The Hall–Kier alpha value is -2.76. The second-order valence-electron chi connectivity index (χ2n) is 10.7. The van der Waals surface area contributed by atoms with Crippen LogP contribution >= 0.6 is 22.7 Å². The standard InChI is InChI=1S/C29H28N2OS2/c1-15(2)11-19-16(3)32-21-7-8-22-24(23(19)21)25-26(30-14-31-28(25)34-22)18-12-17-9-10-33-27(17)20(13-18)29(4,5)6/h7-10,12-15H,11H2,1-6H3. The fourth-order valence-corrected chi connectivity index (χ4v) is 7.27. The number of aromatic nitrogens is 2. The summed E-state index contributed by atoms with van der Waals surface area (Å²) >= 11 is 3.57. The molecule has 0 aliphatic carbocycles. The molecule has 0 saturated carbocycles. The summed E-state index contributed by atoms with van der Waals surface area (Å²) in [6.07, 6.45) is 2.71. The molecular weight excluding hydrogens is 456 g/mol. The van der Waals surface area contributed by atoms with Gasteiger partial charge in [0, 0.05) is 36.7 Å². The third kappa shape index (κ3) is 3.29. The van der Waals surface area contributed by atoms with E-state index in [-0.39, 0.29) is 5.41 Å². The summed E-state index contributed by atoms with van der Waals surface area (Å²) in [6, 6.07) is 11.2. The second kappa shape index (κ2) is 7.62. The van der Waals surface area contributed by atoms with Gasteiger partial charge in [-0.05, 0) is 71.3 Å². The van der Waals surface area contributed by atoms with Crippen molar-refractivity contribution in [2.75, 3.05) is 0 Å². The largest absolute Gasteiger partial charge is 0.461 e. The van der Waals surface area contributed by atoms with Crippen molar-refractivity contribution in [1.82, 2.24) is 9.97 Å². The molecule has 5 heteroatoms. The summed E-state index contributed by atoms with van der Waals surface area (Å²) in [7, 11) is 0. The lowest BCUT2D eigenvalue weighted by atomic mass is 9.84. The van der Waals surface area contributed by atoms with Gasteiger partial charge in [-0.25, -0.2) is 9.97 Å². The number of hydrogen-bond acceptors (Lipinski definition) is 5. The maximum absolute atomic E-state index is 6.25. The number of rotatable bonds is 3. The number of fused-ring (bicyclic) bond motifs is 6. The Labute approximate surface area is 207 Å². The number of hydrogen-bond donors (Lipinski definition) is 0. The van der Waals surface area contributed by atoms with Crippen LogP contribution < -0.4 is 0 Å². The van der Waals surface area contributed by atoms with E-state index in [1.807, 2.05) is 11.3 Å². The van der Waals surface area contributed by atoms with E-state index in [0.29, 0.717) is 5.92 Å². The normalized spacial score (nSPS) is 12.8. The van der Waals surface area contributed by atoms with E-state index in [0.717, 1.165) is 39.2 Å². The van der Waals surface area contributed by atoms with Crippen LogP contribution in [0.25, 0.3) is 52.6 Å². The number of thiophene rings is 2. The fourth-order valence-electron chi connectivity index (χ4n) is 5.11. The van der Waals surface area contributed by atoms with Crippen LogP contribution in [0.4, 0.5) is 0 Å². The molecule has 4 aromatic heterocycles. The summed E-state index contributed by atoms with van der Waals surface area (Å²) < 4.78 is 8.85. The molecule has 0 bridgehead atoms. The molecule has 0 amide bonds. The maximum Gasteiger partial charge on any atom is 0.135 e. The first-order valence-electron chi connectivity index (χ1n) is 11.8. The summed E-state index contributed by atoms with van der Waals surface area (Å²) in [5.74, 6) is 1.56. The molecule has 0 radical (unpaired) electrons. The van der Waals surface area contributed by atoms with Crippen molar-refractivity contribution >= 4 is 64.0 Å². The highest BCUT2D eigenvalue weighted by molar-refractivity contribution is 7.25. The number of aryl methyl sites for hydroxylation is 1. The molecule has 6 aromatic rings. The molecule has 0 aliphatic rings. The molecule has 6 rings (SSSR count). The SMILES string of the molecule is Cc1oc2ccc3sc4ncnc(-c5cc(C(C)(C)C)c6sccc6c5)c4c3c2c1CC(C)C. The topological polar surface area (TPSA) is 38.9 Å². The van der Waals surface area contributed by atoms with Gasteiger partial charge in [-0.1, -0.05) is 34.6 Å². The molecule has 172 valence electrons. The van der Waals surface area contributed by atoms with Crippen molar-refractivity contribution in [3.63, 3.8) is 0 Å². The van der Waals surface area contributed by atoms with E-state index in [9.17, 15) is 0 Å². The molecule has 0 N–H and O–H groups in total. The van der Waals surface area contributed by atoms with Gasteiger partial charge in [-0.15, -0.1) is 22.7 Å². The van der Waals surface area contributed by atoms with E-state index in [4.69, 9.17) is 14.4 Å². The Morgan fingerprint density at radius 1 is 1.00 bits per heavy atom. The summed E-state index contributed by atoms with van der Waals surface area (Å²) in [6.45, 7) is 13.5. The molecule has 0 spiro atoms. The lowest BCUT2D eigenvalue weighted by molar-refractivity contribution is 0.560. The van der Waals surface area contributed by atoms with Gasteiger partial charge in [0.2, 0.25) is 0 Å². The van der Waals surface area contributed by atoms with Crippen molar-refractivity contribution in [2.45, 2.75) is 53.4 Å². The molecule has 2 aromatic carbocycles. The van der Waals surface area contributed by atoms with Crippen LogP contribution in [-0.4, -0.2) is 9.97 Å². The van der Waals surface area contributed by atoms with Crippen LogP contribution in [0.2, 0.25) is 0 Å². The quantitative estimate of drug-likeness (QED) is 0.251. The zero-order valence-corrected chi connectivity index (χ0v) is 22.1. The average molecular weight is 485 g/mol. The van der Waals surface area contributed by atoms with Gasteiger partial charge in [-0.3, -0.25) is 0 Å². The molecule has 0 fully saturated rings. The van der Waals surface area contributed by atoms with Crippen molar-refractivity contribution in [3.8, 4) is 11.3 Å². The molecule has 0 aliphatic heterocycles. The van der Waals surface area contributed by atoms with Gasteiger partial charge in [0.1, 0.15) is 22.5 Å². The fraction of sp³-hybridized carbons (Fsp3) is 0.310. The molecule has 0 atom stereocenters. The number of nitrogens with zero attached hydrogens (tertiary/aromatic N) is 2. The lowest BCUT2D eigenvalue weighted by Gasteiger charge is -2.21. The van der Waals surface area contributed by atoms with E-state index in [1.54, 1.807) is 17.7 Å². The number of furan rings is 1. The third-order valence-electron chi connectivity index (χ3n) is 6.63. The zero-order valence-electron chi connectivity index (χ0n) is 20.4. The maximum atomic E-state index is 6.25. The first-order valence-corrected chi connectivity index (χ1v) is 13.5. The van der Waals surface area contributed by atoms with Gasteiger partial charge in [0.25, 0.3) is 0 Å². The highest BCUT2D eigenvalue weighted by atomic mass is 32.1. The zero-order chi connectivity index (χ0) is 23.8. The minimum Gasteiger partial charge on any atom is -0.461 e. The van der Waals surface area contributed by atoms with Gasteiger partial charge < -0.3 is 4.42 Å². The Bertz CT molecular complexity index is 1710. The van der Waals surface area contributed by atoms with Crippen molar-refractivity contribution in [1.29, 1.82) is 0 Å². The summed E-state index contributed by atoms with van der Waals surface area (Å²) in [4.78, 5) is 10.6. The lowest BCUT2D eigenvalue weighted by Crippen LogP contribution is -2.11. The van der Waals surface area contributed by atoms with Gasteiger partial charge >= 0.3 is 0 Å². The minimum atomic E-state index is 0.0430. The molecule has 0 unspecified atom stereocenters. The van der Waals surface area contributed by atoms with Crippen LogP contribution in [0, 0.1) is 12.8 Å². The van der Waals surface area contributed by atoms with E-state index >= 15 is 0 Å². The van der Waals surface area contributed by atoms with Crippen LogP contribution in [0.5, 0.6) is 0 Å². The van der Waals surface area contributed by atoms with E-state index in [2.05, 4.69) is 77.3 Å². The predicted molar refractivity (Wildman–Crippen MR) is 147 cm³/mol. The van der Waals surface area contributed by atoms with Crippen molar-refractivity contribution in [3.05, 3.63) is 58.9 Å². The highest BCUT2D eigenvalue weighted by Crippen LogP contribution is 2.45. The van der Waals surface area contributed by atoms with E-state index < -0.39 is 0 Å². The van der Waals surface area contributed by atoms with Crippen LogP contribution in [0.3, 0.4) is 0 Å². The summed E-state index contributed by atoms with van der Waals surface area (Å²) in [5.41, 5.74) is 5.85. The van der Waals surface area contributed by atoms with E-state index in [1.165, 1.54) is 36.7 Å². The third-order valence-corrected chi connectivity index (χ3v) is 8.66. The Balaban J connectivity index is 1.75. The molecule has 3 nitrogen and oxygen atoms in total. The monoisotopic (exact) mass is 484 g/mol. The van der Waals surface area contributed by atoms with Gasteiger partial charge in [0.15, 0.2) is 0 Å². The molecular formula is C29H28N2OS2. The van der Waals surface area contributed by atoms with Crippen LogP contribution in [0.15, 0.2) is 46.5 Å². The Kier molecular flexibility index (Phi) is 4.88. The second-order valence-corrected chi connectivity index (χ2v) is 12.6. The van der Waals surface area contributed by atoms with Gasteiger partial charge in [-0.2, -0.15) is 0 Å². The van der Waals surface area contributed by atoms with Crippen LogP contribution in [-0.2, 0) is 11.8 Å². The first-order chi connectivity index (χ1) is 16.2. The smallest absolute Gasteiger partial charge is 0.135 e. The van der Waals surface area contributed by atoms with Crippen LogP contribution in [0.1, 0.15) is 51.5 Å².